The summed E-state index contributed by atoms with van der Waals surface area (Å²) < 4.78 is 44.2. The summed E-state index contributed by atoms with van der Waals surface area (Å²) in [6, 6.07) is 2.65. The van der Waals surface area contributed by atoms with Gasteiger partial charge in [-0.2, -0.15) is 9.36 Å². The lowest BCUT2D eigenvalue weighted by Gasteiger charge is -2.48. The number of nitrogens with zero attached hydrogens (tertiary/aromatic N) is 8. The van der Waals surface area contributed by atoms with Crippen LogP contribution >= 0.6 is 0 Å². The Balaban J connectivity index is 1.46. The van der Waals surface area contributed by atoms with E-state index in [4.69, 9.17) is 15.4 Å². The first-order chi connectivity index (χ1) is 20.3. The van der Waals surface area contributed by atoms with Crippen LogP contribution in [0.3, 0.4) is 0 Å². The Morgan fingerprint density at radius 3 is 2.95 bits per heavy atom. The Hall–Kier alpha value is -4.09. The number of nitrogens with one attached hydrogen (secondary N) is 2. The van der Waals surface area contributed by atoms with Crippen molar-refractivity contribution in [2.24, 2.45) is 6.98 Å². The molecule has 2 aromatic heterocycles. The molecular weight excluding hydrogens is 519 g/mol. The number of aromatic nitrogens is 6. The number of benzene rings is 1. The Kier molecular flexibility index (Phi) is 6.43. The minimum atomic E-state index is -2.90. The van der Waals surface area contributed by atoms with Gasteiger partial charge in [0.15, 0.2) is 5.82 Å². The molecule has 13 nitrogen and oxygen atoms in total. The number of anilines is 3. The average Bonchev–Trinajstić information content (AvgIpc) is 3.56. The SMILES string of the molecule is [2H]C([2H])([2H])n1nnn(-c2cc(Nc3ncc([N+]#[C-])c(N[C@@H]4C[C@@H]5CCCN5C(C)(C)C4)n3)c(F)cc2OC[C@H](C)O)c1=O. The predicted molar refractivity (Wildman–Crippen MR) is 146 cm³/mol. The molecule has 0 amide bonds. The van der Waals surface area contributed by atoms with Crippen molar-refractivity contribution in [3.8, 4) is 11.4 Å². The lowest BCUT2D eigenvalue weighted by atomic mass is 9.84. The number of tetrazole rings is 1. The highest BCUT2D eigenvalue weighted by Gasteiger charge is 2.43. The molecule has 4 heterocycles. The Morgan fingerprint density at radius 2 is 2.23 bits per heavy atom. The number of aliphatic hydroxyl groups excluding tert-OH is 1. The normalized spacial score (nSPS) is 22.4. The van der Waals surface area contributed by atoms with Gasteiger partial charge in [-0.3, -0.25) is 4.90 Å². The van der Waals surface area contributed by atoms with Crippen LogP contribution in [-0.2, 0) is 6.98 Å². The first-order valence-electron chi connectivity index (χ1n) is 14.5. The largest absolute Gasteiger partial charge is 0.489 e. The van der Waals surface area contributed by atoms with Crippen LogP contribution in [0.2, 0.25) is 0 Å². The van der Waals surface area contributed by atoms with Gasteiger partial charge in [-0.05, 0) is 69.5 Å². The number of hydrogen-bond acceptors (Lipinski definition) is 10. The molecule has 0 radical (unpaired) electrons. The fourth-order valence-electron chi connectivity index (χ4n) is 5.59. The van der Waals surface area contributed by atoms with E-state index in [9.17, 15) is 9.90 Å². The van der Waals surface area contributed by atoms with Gasteiger partial charge >= 0.3 is 5.69 Å². The number of fused-ring (bicyclic) bond motifs is 1. The highest BCUT2D eigenvalue weighted by atomic mass is 19.1. The monoisotopic (exact) mass is 555 g/mol. The molecule has 1 aromatic carbocycles. The molecule has 0 spiro atoms. The van der Waals surface area contributed by atoms with E-state index in [0.717, 1.165) is 38.3 Å². The average molecular weight is 556 g/mol. The summed E-state index contributed by atoms with van der Waals surface area (Å²) in [5.41, 5.74) is -1.23. The number of rotatable bonds is 8. The van der Waals surface area contributed by atoms with E-state index in [1.165, 1.54) is 19.2 Å². The van der Waals surface area contributed by atoms with E-state index in [-0.39, 0.29) is 51.6 Å². The highest BCUT2D eigenvalue weighted by Crippen LogP contribution is 2.39. The zero-order valence-corrected chi connectivity index (χ0v) is 22.4. The molecule has 3 atom stereocenters. The minimum Gasteiger partial charge on any atom is -0.489 e. The maximum Gasteiger partial charge on any atom is 0.368 e. The smallest absolute Gasteiger partial charge is 0.368 e. The van der Waals surface area contributed by atoms with Crippen LogP contribution in [0.1, 0.15) is 50.6 Å². The second kappa shape index (κ2) is 10.8. The second-order valence-corrected chi connectivity index (χ2v) is 10.8. The lowest BCUT2D eigenvalue weighted by molar-refractivity contribution is 0.0501. The molecule has 3 N–H and O–H groups in total. The van der Waals surface area contributed by atoms with E-state index in [1.54, 1.807) is 0 Å². The van der Waals surface area contributed by atoms with Crippen molar-refractivity contribution in [2.45, 2.75) is 70.2 Å². The molecule has 0 aliphatic carbocycles. The van der Waals surface area contributed by atoms with Crippen LogP contribution in [0.4, 0.5) is 27.5 Å². The summed E-state index contributed by atoms with van der Waals surface area (Å²) >= 11 is 0. The van der Waals surface area contributed by atoms with Crippen LogP contribution in [0.15, 0.2) is 23.1 Å². The van der Waals surface area contributed by atoms with Gasteiger partial charge in [-0.25, -0.2) is 24.0 Å². The fourth-order valence-corrected chi connectivity index (χ4v) is 5.59. The second-order valence-electron chi connectivity index (χ2n) is 10.8. The van der Waals surface area contributed by atoms with E-state index in [0.29, 0.717) is 16.5 Å². The molecular formula is C26H33FN10O3. The van der Waals surface area contributed by atoms with Crippen molar-refractivity contribution in [3.63, 3.8) is 0 Å². The molecule has 0 bridgehead atoms. The van der Waals surface area contributed by atoms with E-state index in [2.05, 4.69) is 54.6 Å². The molecule has 14 heteroatoms. The van der Waals surface area contributed by atoms with E-state index >= 15 is 4.39 Å². The summed E-state index contributed by atoms with van der Waals surface area (Å²) in [5.74, 6) is -0.706. The number of piperidine rings is 1. The number of halogens is 1. The molecule has 212 valence electrons. The number of ether oxygens (including phenoxy) is 1. The zero-order chi connectivity index (χ0) is 31.1. The quantitative estimate of drug-likeness (QED) is 0.356. The molecule has 0 unspecified atom stereocenters. The summed E-state index contributed by atoms with van der Waals surface area (Å²) in [6.45, 7) is 11.4. The maximum atomic E-state index is 15.3. The Bertz CT molecular complexity index is 1600. The standard InChI is InChI=1S/C26H33FN10O3/c1-15(38)14-40-22-10-18(27)19(11-21(22)37-25(39)35(5)33-34-37)31-24-29-13-20(28-4)23(32-24)30-16-9-17-7-6-8-36(17)26(2,3)12-16/h10-11,13,15-17,38H,6-9,12,14H2,1-3,5H3,(H2,29,30,31,32)/t15-,16+,17-/m0/s1/i5D3. The molecule has 2 saturated heterocycles. The third-order valence-corrected chi connectivity index (χ3v) is 7.27. The summed E-state index contributed by atoms with van der Waals surface area (Å²) in [6.07, 6.45) is 4.46. The number of aryl methyl sites for hydroxylation is 1. The Labute approximate surface area is 235 Å². The van der Waals surface area contributed by atoms with Crippen molar-refractivity contribution in [3.05, 3.63) is 46.0 Å². The summed E-state index contributed by atoms with van der Waals surface area (Å²) in [4.78, 5) is 27.6. The summed E-state index contributed by atoms with van der Waals surface area (Å²) in [5, 5.41) is 22.9. The number of hydrogen-bond donors (Lipinski definition) is 3. The third kappa shape index (κ3) is 5.47. The topological polar surface area (TPSA) is 140 Å². The van der Waals surface area contributed by atoms with Gasteiger partial charge in [-0.1, -0.05) is 0 Å². The van der Waals surface area contributed by atoms with Crippen LogP contribution < -0.4 is 21.1 Å². The van der Waals surface area contributed by atoms with Crippen molar-refractivity contribution < 1.29 is 18.3 Å². The van der Waals surface area contributed by atoms with Gasteiger partial charge < -0.3 is 20.5 Å². The molecule has 40 heavy (non-hydrogen) atoms. The molecule has 2 aliphatic rings. The minimum absolute atomic E-state index is 0.0138. The van der Waals surface area contributed by atoms with Gasteiger partial charge in [0.05, 0.1) is 18.4 Å². The third-order valence-electron chi connectivity index (χ3n) is 7.27. The van der Waals surface area contributed by atoms with Crippen LogP contribution in [0, 0.1) is 12.4 Å². The van der Waals surface area contributed by atoms with Crippen LogP contribution in [0.25, 0.3) is 10.5 Å². The highest BCUT2D eigenvalue weighted by molar-refractivity contribution is 5.69. The van der Waals surface area contributed by atoms with Crippen molar-refractivity contribution >= 4 is 23.1 Å². The first kappa shape index (κ1) is 23.8. The van der Waals surface area contributed by atoms with Gasteiger partial charge in [0.1, 0.15) is 23.9 Å². The lowest BCUT2D eigenvalue weighted by Crippen LogP contribution is -2.55. The van der Waals surface area contributed by atoms with Crippen molar-refractivity contribution in [1.82, 2.24) is 34.7 Å². The van der Waals surface area contributed by atoms with Crippen molar-refractivity contribution in [2.75, 3.05) is 23.8 Å². The molecule has 0 saturated carbocycles. The molecule has 2 fully saturated rings. The molecule has 3 aromatic rings. The van der Waals surface area contributed by atoms with Gasteiger partial charge in [0.2, 0.25) is 11.6 Å². The van der Waals surface area contributed by atoms with Crippen LogP contribution in [0.5, 0.6) is 5.75 Å². The van der Waals surface area contributed by atoms with Gasteiger partial charge in [-0.15, -0.1) is 0 Å². The molecule has 2 aliphatic heterocycles. The van der Waals surface area contributed by atoms with Crippen molar-refractivity contribution in [1.29, 1.82) is 0 Å². The first-order valence-corrected chi connectivity index (χ1v) is 13.0. The maximum absolute atomic E-state index is 15.3. The molecule has 5 rings (SSSR count). The predicted octanol–water partition coefficient (Wildman–Crippen LogP) is 2.77. The van der Waals surface area contributed by atoms with E-state index in [1.807, 2.05) is 0 Å². The Morgan fingerprint density at radius 1 is 1.40 bits per heavy atom. The fraction of sp³-hybridized carbons (Fsp3) is 0.538. The summed E-state index contributed by atoms with van der Waals surface area (Å²) in [7, 11) is 0. The van der Waals surface area contributed by atoms with Gasteiger partial charge in [0.25, 0.3) is 0 Å². The number of aliphatic hydroxyl groups is 1. The van der Waals surface area contributed by atoms with E-state index < -0.39 is 24.6 Å². The van der Waals surface area contributed by atoms with Gasteiger partial charge in [0, 0.05) is 41.0 Å². The zero-order valence-electron chi connectivity index (χ0n) is 25.4. The van der Waals surface area contributed by atoms with Crippen LogP contribution in [-0.4, -0.2) is 76.6 Å².